The topological polar surface area (TPSA) is 56.1 Å². The van der Waals surface area contributed by atoms with Gasteiger partial charge in [-0.1, -0.05) is 12.1 Å². The van der Waals surface area contributed by atoms with Gasteiger partial charge in [0.1, 0.15) is 0 Å². The van der Waals surface area contributed by atoms with Crippen LogP contribution in [0.5, 0.6) is 0 Å². The van der Waals surface area contributed by atoms with Gasteiger partial charge >= 0.3 is 0 Å². The fourth-order valence-corrected chi connectivity index (χ4v) is 2.08. The van der Waals surface area contributed by atoms with E-state index in [2.05, 4.69) is 17.0 Å². The second kappa shape index (κ2) is 6.80. The average Bonchev–Trinajstić information content (AvgIpc) is 2.25. The van der Waals surface area contributed by atoms with Crippen LogP contribution < -0.4 is 0 Å². The summed E-state index contributed by atoms with van der Waals surface area (Å²) in [6, 6.07) is 0. The van der Waals surface area contributed by atoms with Gasteiger partial charge in [-0.3, -0.25) is 0 Å². The van der Waals surface area contributed by atoms with Crippen LogP contribution in [-0.2, 0) is 0 Å². The Bertz CT molecular complexity index is 207. The number of aliphatic hydroxyl groups excluding tert-OH is 1. The molecule has 0 aliphatic carbocycles. The number of piperidine rings is 1. The Hall–Kier alpha value is -0.610. The second-order valence-corrected chi connectivity index (χ2v) is 4.33. The maximum Gasteiger partial charge on any atom is 0.0624 e. The zero-order chi connectivity index (χ0) is 11.1. The minimum atomic E-state index is 0.303. The van der Waals surface area contributed by atoms with E-state index in [1.165, 1.54) is 0 Å². The molecule has 2 N–H and O–H groups in total. The third-order valence-corrected chi connectivity index (χ3v) is 3.05. The summed E-state index contributed by atoms with van der Waals surface area (Å²) < 4.78 is 0. The van der Waals surface area contributed by atoms with Gasteiger partial charge in [-0.25, -0.2) is 0 Å². The molecule has 1 aliphatic rings. The summed E-state index contributed by atoms with van der Waals surface area (Å²) in [5.41, 5.74) is 0.932. The minimum Gasteiger partial charge on any atom is -0.411 e. The van der Waals surface area contributed by atoms with Gasteiger partial charge in [0.05, 0.1) is 5.71 Å². The zero-order valence-electron chi connectivity index (χ0n) is 9.52. The van der Waals surface area contributed by atoms with Crippen LogP contribution in [0, 0.1) is 5.92 Å². The van der Waals surface area contributed by atoms with Crippen molar-refractivity contribution in [3.05, 3.63) is 0 Å². The molecule has 0 aromatic carbocycles. The van der Waals surface area contributed by atoms with Gasteiger partial charge in [-0.2, -0.15) is 0 Å². The lowest BCUT2D eigenvalue weighted by Gasteiger charge is -2.31. The van der Waals surface area contributed by atoms with E-state index < -0.39 is 0 Å². The van der Waals surface area contributed by atoms with Gasteiger partial charge in [-0.05, 0) is 25.8 Å². The lowest BCUT2D eigenvalue weighted by atomic mass is 9.97. The first kappa shape index (κ1) is 12.5. The fraction of sp³-hybridized carbons (Fsp3) is 0.909. The van der Waals surface area contributed by atoms with E-state index in [0.717, 1.165) is 51.0 Å². The molecule has 1 atom stereocenters. The Morgan fingerprint density at radius 3 is 2.80 bits per heavy atom. The molecule has 0 bridgehead atoms. The van der Waals surface area contributed by atoms with Gasteiger partial charge in [-0.15, -0.1) is 0 Å². The predicted octanol–water partition coefficient (Wildman–Crippen LogP) is 1.32. The number of aliphatic hydroxyl groups is 1. The fourth-order valence-electron chi connectivity index (χ4n) is 2.08. The van der Waals surface area contributed by atoms with Crippen LogP contribution >= 0.6 is 0 Å². The quantitative estimate of drug-likeness (QED) is 0.412. The number of unbranched alkanes of at least 4 members (excludes halogenated alkanes) is 2. The van der Waals surface area contributed by atoms with E-state index in [1.807, 2.05) is 0 Å². The van der Waals surface area contributed by atoms with Gasteiger partial charge in [0.25, 0.3) is 0 Å². The van der Waals surface area contributed by atoms with Gasteiger partial charge < -0.3 is 15.2 Å². The van der Waals surface area contributed by atoms with Gasteiger partial charge in [0.15, 0.2) is 0 Å². The molecule has 4 heteroatoms. The summed E-state index contributed by atoms with van der Waals surface area (Å²) in [7, 11) is 0. The van der Waals surface area contributed by atoms with E-state index >= 15 is 0 Å². The van der Waals surface area contributed by atoms with E-state index in [1.54, 1.807) is 0 Å². The Morgan fingerprint density at radius 1 is 1.40 bits per heavy atom. The predicted molar refractivity (Wildman–Crippen MR) is 60.4 cm³/mol. The number of hydrogen-bond donors (Lipinski definition) is 2. The monoisotopic (exact) mass is 214 g/mol. The van der Waals surface area contributed by atoms with E-state index in [-0.39, 0.29) is 0 Å². The van der Waals surface area contributed by atoms with Crippen molar-refractivity contribution in [2.24, 2.45) is 11.1 Å². The summed E-state index contributed by atoms with van der Waals surface area (Å²) in [4.78, 5) is 2.41. The first-order chi connectivity index (χ1) is 7.27. The van der Waals surface area contributed by atoms with Crippen LogP contribution in [0.4, 0.5) is 0 Å². The Morgan fingerprint density at radius 2 is 2.20 bits per heavy atom. The number of nitrogens with zero attached hydrogens (tertiary/aromatic N) is 2. The van der Waals surface area contributed by atoms with Crippen LogP contribution in [0.15, 0.2) is 5.16 Å². The zero-order valence-corrected chi connectivity index (χ0v) is 9.52. The van der Waals surface area contributed by atoms with Crippen molar-refractivity contribution >= 4 is 5.71 Å². The van der Waals surface area contributed by atoms with Crippen molar-refractivity contribution in [1.29, 1.82) is 0 Å². The molecule has 1 heterocycles. The second-order valence-electron chi connectivity index (χ2n) is 4.33. The molecule has 1 fully saturated rings. The summed E-state index contributed by atoms with van der Waals surface area (Å²) in [6.07, 6.45) is 4.05. The molecule has 4 nitrogen and oxygen atoms in total. The standard InChI is InChI=1S/C11H22N2O2/c1-10-9-13(6-3-2-4-8-14)7-5-11(10)12-15/h10,14-15H,2-9H2,1H3. The molecule has 15 heavy (non-hydrogen) atoms. The summed E-state index contributed by atoms with van der Waals surface area (Å²) in [5.74, 6) is 0.376. The molecular weight excluding hydrogens is 192 g/mol. The molecule has 0 aromatic heterocycles. The van der Waals surface area contributed by atoms with Crippen LogP contribution in [0.3, 0.4) is 0 Å². The molecule has 0 amide bonds. The Labute approximate surface area is 91.6 Å². The third kappa shape index (κ3) is 4.18. The number of oxime groups is 1. The number of hydrogen-bond acceptors (Lipinski definition) is 4. The SMILES string of the molecule is CC1CN(CCCCCO)CCC1=NO. The molecule has 0 saturated carbocycles. The highest BCUT2D eigenvalue weighted by Crippen LogP contribution is 2.14. The molecule has 88 valence electrons. The first-order valence-electron chi connectivity index (χ1n) is 5.82. The van der Waals surface area contributed by atoms with Crippen molar-refractivity contribution < 1.29 is 10.3 Å². The van der Waals surface area contributed by atoms with E-state index in [4.69, 9.17) is 10.3 Å². The maximum absolute atomic E-state index is 8.74. The smallest absolute Gasteiger partial charge is 0.0624 e. The van der Waals surface area contributed by atoms with Crippen molar-refractivity contribution in [1.82, 2.24) is 4.90 Å². The van der Waals surface area contributed by atoms with Crippen LogP contribution in [0.2, 0.25) is 0 Å². The Kier molecular flexibility index (Phi) is 5.65. The minimum absolute atomic E-state index is 0.303. The van der Waals surface area contributed by atoms with Gasteiger partial charge in [0.2, 0.25) is 0 Å². The molecule has 0 aromatic rings. The van der Waals surface area contributed by atoms with Crippen molar-refractivity contribution in [2.75, 3.05) is 26.2 Å². The summed E-state index contributed by atoms with van der Waals surface area (Å²) >= 11 is 0. The average molecular weight is 214 g/mol. The molecule has 1 saturated heterocycles. The highest BCUT2D eigenvalue weighted by molar-refractivity contribution is 5.86. The summed E-state index contributed by atoms with van der Waals surface area (Å²) in [5, 5.41) is 20.7. The van der Waals surface area contributed by atoms with Gasteiger partial charge in [0, 0.05) is 32.0 Å². The molecular formula is C11H22N2O2. The summed E-state index contributed by atoms with van der Waals surface area (Å²) in [6.45, 7) is 5.51. The highest BCUT2D eigenvalue weighted by Gasteiger charge is 2.21. The lowest BCUT2D eigenvalue weighted by molar-refractivity contribution is 0.226. The highest BCUT2D eigenvalue weighted by atomic mass is 16.4. The third-order valence-electron chi connectivity index (χ3n) is 3.05. The van der Waals surface area contributed by atoms with Crippen LogP contribution in [-0.4, -0.2) is 47.2 Å². The molecule has 1 aliphatic heterocycles. The molecule has 1 unspecified atom stereocenters. The normalized spacial score (nSPS) is 26.0. The van der Waals surface area contributed by atoms with Crippen molar-refractivity contribution in [3.8, 4) is 0 Å². The number of rotatable bonds is 5. The van der Waals surface area contributed by atoms with E-state index in [0.29, 0.717) is 12.5 Å². The van der Waals surface area contributed by atoms with Crippen LogP contribution in [0.25, 0.3) is 0 Å². The van der Waals surface area contributed by atoms with E-state index in [9.17, 15) is 0 Å². The molecule has 1 rings (SSSR count). The Balaban J connectivity index is 2.17. The number of likely N-dealkylation sites (tertiary alicyclic amines) is 1. The lowest BCUT2D eigenvalue weighted by Crippen LogP contribution is -2.40. The van der Waals surface area contributed by atoms with Crippen molar-refractivity contribution in [3.63, 3.8) is 0 Å². The van der Waals surface area contributed by atoms with Crippen molar-refractivity contribution in [2.45, 2.75) is 32.6 Å². The molecule has 0 radical (unpaired) electrons. The first-order valence-corrected chi connectivity index (χ1v) is 5.82. The van der Waals surface area contributed by atoms with Crippen LogP contribution in [0.1, 0.15) is 32.6 Å². The maximum atomic E-state index is 8.74. The molecule has 0 spiro atoms. The largest absolute Gasteiger partial charge is 0.411 e.